The minimum absolute atomic E-state index is 0.241. The molecule has 150 valence electrons. The summed E-state index contributed by atoms with van der Waals surface area (Å²) in [6.45, 7) is 7.28. The fraction of sp³-hybridized carbons (Fsp3) is 0.318. The van der Waals surface area contributed by atoms with Crippen molar-refractivity contribution in [2.45, 2.75) is 13.5 Å². The molecule has 0 bridgehead atoms. The van der Waals surface area contributed by atoms with Gasteiger partial charge in [0.15, 0.2) is 5.82 Å². The molecule has 3 heterocycles. The molecule has 0 atom stereocenters. The molecular weight excluding hydrogens is 366 g/mol. The second kappa shape index (κ2) is 8.87. The van der Waals surface area contributed by atoms with E-state index in [0.717, 1.165) is 44.1 Å². The van der Waals surface area contributed by atoms with Crippen LogP contribution in [-0.2, 0) is 6.54 Å². The van der Waals surface area contributed by atoms with Gasteiger partial charge in [-0.05, 0) is 18.7 Å². The number of rotatable bonds is 6. The van der Waals surface area contributed by atoms with E-state index in [1.165, 1.54) is 0 Å². The standard InChI is InChI=1S/C22H25N5O2/c1-2-26-10-12-27(13-11-26)20-15-19(22(28)23-16-18-9-6-14-29-18)24-21(25-20)17-7-4-3-5-8-17/h3-9,14-15H,2,10-13,16H2,1H3,(H,23,28). The second-order valence-electron chi connectivity index (χ2n) is 6.98. The fourth-order valence-electron chi connectivity index (χ4n) is 3.39. The average molecular weight is 391 g/mol. The molecule has 0 saturated carbocycles. The van der Waals surface area contributed by atoms with Crippen molar-refractivity contribution < 1.29 is 9.21 Å². The maximum atomic E-state index is 12.8. The predicted octanol–water partition coefficient (Wildman–Crippen LogP) is 2.81. The van der Waals surface area contributed by atoms with E-state index in [4.69, 9.17) is 9.40 Å². The summed E-state index contributed by atoms with van der Waals surface area (Å²) >= 11 is 0. The van der Waals surface area contributed by atoms with Gasteiger partial charge in [-0.25, -0.2) is 9.97 Å². The highest BCUT2D eigenvalue weighted by Crippen LogP contribution is 2.21. The maximum absolute atomic E-state index is 12.8. The van der Waals surface area contributed by atoms with Crippen molar-refractivity contribution in [1.29, 1.82) is 0 Å². The summed E-state index contributed by atoms with van der Waals surface area (Å²) in [5.41, 5.74) is 1.25. The highest BCUT2D eigenvalue weighted by molar-refractivity contribution is 5.93. The lowest BCUT2D eigenvalue weighted by Gasteiger charge is -2.34. The molecule has 1 saturated heterocycles. The van der Waals surface area contributed by atoms with Gasteiger partial charge in [-0.2, -0.15) is 0 Å². The number of carbonyl (C=O) groups is 1. The molecule has 1 aromatic carbocycles. The van der Waals surface area contributed by atoms with Gasteiger partial charge in [-0.15, -0.1) is 0 Å². The van der Waals surface area contributed by atoms with Crippen molar-refractivity contribution >= 4 is 11.7 Å². The summed E-state index contributed by atoms with van der Waals surface area (Å²) in [6.07, 6.45) is 1.59. The lowest BCUT2D eigenvalue weighted by molar-refractivity contribution is 0.0943. The zero-order valence-electron chi connectivity index (χ0n) is 16.5. The van der Waals surface area contributed by atoms with Crippen molar-refractivity contribution in [1.82, 2.24) is 20.2 Å². The number of hydrogen-bond acceptors (Lipinski definition) is 6. The molecule has 0 spiro atoms. The van der Waals surface area contributed by atoms with Crippen LogP contribution in [0.2, 0.25) is 0 Å². The fourth-order valence-corrected chi connectivity index (χ4v) is 3.39. The van der Waals surface area contributed by atoms with Crippen molar-refractivity contribution in [3.63, 3.8) is 0 Å². The van der Waals surface area contributed by atoms with Crippen LogP contribution in [0.15, 0.2) is 59.2 Å². The number of likely N-dealkylation sites (N-methyl/N-ethyl adjacent to an activating group) is 1. The third-order valence-electron chi connectivity index (χ3n) is 5.12. The van der Waals surface area contributed by atoms with Gasteiger partial charge in [0.1, 0.15) is 17.3 Å². The number of anilines is 1. The molecule has 0 unspecified atom stereocenters. The van der Waals surface area contributed by atoms with Crippen LogP contribution in [0.5, 0.6) is 0 Å². The SMILES string of the molecule is CCN1CCN(c2cc(C(=O)NCc3ccco3)nc(-c3ccccc3)n2)CC1. The molecule has 7 heteroatoms. The second-order valence-corrected chi connectivity index (χ2v) is 6.98. The van der Waals surface area contributed by atoms with Gasteiger partial charge < -0.3 is 19.5 Å². The highest BCUT2D eigenvalue weighted by atomic mass is 16.3. The van der Waals surface area contributed by atoms with Crippen LogP contribution in [0.1, 0.15) is 23.2 Å². The van der Waals surface area contributed by atoms with Crippen molar-refractivity contribution in [2.24, 2.45) is 0 Å². The first-order chi connectivity index (χ1) is 14.2. The quantitative estimate of drug-likeness (QED) is 0.697. The Kier molecular flexibility index (Phi) is 5.86. The van der Waals surface area contributed by atoms with Crippen molar-refractivity contribution in [2.75, 3.05) is 37.6 Å². The topological polar surface area (TPSA) is 74.5 Å². The van der Waals surface area contributed by atoms with Gasteiger partial charge >= 0.3 is 0 Å². The summed E-state index contributed by atoms with van der Waals surface area (Å²) in [4.78, 5) is 26.7. The van der Waals surface area contributed by atoms with E-state index in [1.54, 1.807) is 18.4 Å². The van der Waals surface area contributed by atoms with E-state index in [0.29, 0.717) is 23.8 Å². The van der Waals surface area contributed by atoms with Crippen LogP contribution in [0, 0.1) is 0 Å². The Morgan fingerprint density at radius 3 is 2.55 bits per heavy atom. The minimum Gasteiger partial charge on any atom is -0.467 e. The van der Waals surface area contributed by atoms with E-state index >= 15 is 0 Å². The first-order valence-corrected chi connectivity index (χ1v) is 9.95. The van der Waals surface area contributed by atoms with Gasteiger partial charge in [0, 0.05) is 37.8 Å². The Morgan fingerprint density at radius 2 is 1.86 bits per heavy atom. The van der Waals surface area contributed by atoms with Gasteiger partial charge in [0.25, 0.3) is 5.91 Å². The van der Waals surface area contributed by atoms with Gasteiger partial charge in [-0.1, -0.05) is 37.3 Å². The van der Waals surface area contributed by atoms with Crippen LogP contribution < -0.4 is 10.2 Å². The normalized spacial score (nSPS) is 14.7. The van der Waals surface area contributed by atoms with E-state index in [2.05, 4.69) is 27.0 Å². The van der Waals surface area contributed by atoms with Crippen LogP contribution in [-0.4, -0.2) is 53.5 Å². The van der Waals surface area contributed by atoms with Gasteiger partial charge in [0.2, 0.25) is 0 Å². The molecule has 4 rings (SSSR count). The van der Waals surface area contributed by atoms with Gasteiger partial charge in [0.05, 0.1) is 12.8 Å². The lowest BCUT2D eigenvalue weighted by atomic mass is 10.2. The number of carbonyl (C=O) groups excluding carboxylic acids is 1. The highest BCUT2D eigenvalue weighted by Gasteiger charge is 2.20. The zero-order valence-corrected chi connectivity index (χ0v) is 16.5. The van der Waals surface area contributed by atoms with Crippen LogP contribution in [0.25, 0.3) is 11.4 Å². The van der Waals surface area contributed by atoms with E-state index in [-0.39, 0.29) is 5.91 Å². The van der Waals surface area contributed by atoms with Crippen molar-refractivity contribution in [3.05, 3.63) is 66.2 Å². The van der Waals surface area contributed by atoms with Crippen LogP contribution in [0.4, 0.5) is 5.82 Å². The largest absolute Gasteiger partial charge is 0.467 e. The number of amides is 1. The molecule has 1 N–H and O–H groups in total. The Bertz CT molecular complexity index is 935. The number of nitrogens with one attached hydrogen (secondary N) is 1. The van der Waals surface area contributed by atoms with Crippen LogP contribution >= 0.6 is 0 Å². The molecule has 0 radical (unpaired) electrons. The summed E-state index contributed by atoms with van der Waals surface area (Å²) in [6, 6.07) is 15.2. The van der Waals surface area contributed by atoms with Crippen molar-refractivity contribution in [3.8, 4) is 11.4 Å². The molecule has 0 aliphatic carbocycles. The van der Waals surface area contributed by atoms with E-state index < -0.39 is 0 Å². The van der Waals surface area contributed by atoms with Crippen LogP contribution in [0.3, 0.4) is 0 Å². The molecule has 1 amide bonds. The predicted molar refractivity (Wildman–Crippen MR) is 112 cm³/mol. The summed E-state index contributed by atoms with van der Waals surface area (Å²) in [5.74, 6) is 1.81. The van der Waals surface area contributed by atoms with Gasteiger partial charge in [-0.3, -0.25) is 4.79 Å². The Balaban J connectivity index is 1.60. The molecule has 2 aromatic heterocycles. The third kappa shape index (κ3) is 4.63. The third-order valence-corrected chi connectivity index (χ3v) is 5.12. The molecule has 29 heavy (non-hydrogen) atoms. The molecule has 1 aliphatic rings. The maximum Gasteiger partial charge on any atom is 0.270 e. The van der Waals surface area contributed by atoms with E-state index in [9.17, 15) is 4.79 Å². The molecule has 7 nitrogen and oxygen atoms in total. The number of piperazine rings is 1. The number of furan rings is 1. The Labute approximate surface area is 170 Å². The smallest absolute Gasteiger partial charge is 0.270 e. The molecule has 1 fully saturated rings. The number of nitrogens with zero attached hydrogens (tertiary/aromatic N) is 4. The molecule has 3 aromatic rings. The first-order valence-electron chi connectivity index (χ1n) is 9.95. The summed E-state index contributed by atoms with van der Waals surface area (Å²) in [5, 5.41) is 2.88. The summed E-state index contributed by atoms with van der Waals surface area (Å²) < 4.78 is 5.29. The lowest BCUT2D eigenvalue weighted by Crippen LogP contribution is -2.46. The molecule has 1 aliphatic heterocycles. The average Bonchev–Trinajstić information content (AvgIpc) is 3.31. The minimum atomic E-state index is -0.241. The number of hydrogen-bond donors (Lipinski definition) is 1. The first kappa shape index (κ1) is 19.1. The number of aromatic nitrogens is 2. The Hall–Kier alpha value is -3.19. The molecular formula is C22H25N5O2. The zero-order chi connectivity index (χ0) is 20.1. The Morgan fingerprint density at radius 1 is 1.07 bits per heavy atom. The monoisotopic (exact) mass is 391 g/mol. The summed E-state index contributed by atoms with van der Waals surface area (Å²) in [7, 11) is 0. The van der Waals surface area contributed by atoms with E-state index in [1.807, 2.05) is 36.4 Å². The number of benzene rings is 1.